The smallest absolute Gasteiger partial charge is 0.0462 e. The van der Waals surface area contributed by atoms with Gasteiger partial charge in [0.1, 0.15) is 0 Å². The first-order valence-corrected chi connectivity index (χ1v) is 2.82. The average molecular weight is 112 g/mol. The summed E-state index contributed by atoms with van der Waals surface area (Å²) < 4.78 is 0. The van der Waals surface area contributed by atoms with E-state index >= 15 is 0 Å². The van der Waals surface area contributed by atoms with Crippen LogP contribution in [-0.2, 0) is 0 Å². The second-order valence-electron chi connectivity index (χ2n) is 2.20. The predicted molar refractivity (Wildman–Crippen MR) is 33.0 cm³/mol. The van der Waals surface area contributed by atoms with Gasteiger partial charge in [0.15, 0.2) is 0 Å². The van der Waals surface area contributed by atoms with Gasteiger partial charge in [-0.15, -0.1) is 0 Å². The molecule has 1 unspecified atom stereocenters. The molecule has 2 nitrogen and oxygen atoms in total. The third-order valence-corrected chi connectivity index (χ3v) is 1.37. The van der Waals surface area contributed by atoms with Crippen LogP contribution in [0.4, 0.5) is 0 Å². The summed E-state index contributed by atoms with van der Waals surface area (Å²) in [6.45, 7) is 5.58. The first-order valence-electron chi connectivity index (χ1n) is 2.82. The van der Waals surface area contributed by atoms with Crippen LogP contribution in [0.5, 0.6) is 0 Å². The second-order valence-corrected chi connectivity index (χ2v) is 2.20. The number of hydrogen-bond acceptors (Lipinski definition) is 2. The molecular formula is C6H12N2. The van der Waals surface area contributed by atoms with E-state index in [4.69, 9.17) is 11.0 Å². The van der Waals surface area contributed by atoms with E-state index in [0.29, 0.717) is 6.04 Å². The van der Waals surface area contributed by atoms with E-state index in [1.165, 1.54) is 12.8 Å². The number of hydrogen-bond donors (Lipinski definition) is 1. The molecule has 0 spiro atoms. The van der Waals surface area contributed by atoms with Gasteiger partial charge in [-0.3, -0.25) is 0 Å². The highest BCUT2D eigenvalue weighted by Crippen LogP contribution is 2.30. The van der Waals surface area contributed by atoms with E-state index in [1.54, 1.807) is 0 Å². The molecule has 2 N–H and O–H groups in total. The van der Waals surface area contributed by atoms with Crippen LogP contribution in [-0.4, -0.2) is 6.04 Å². The SMILES string of the molecule is C#N.CC(N)C1CC1. The van der Waals surface area contributed by atoms with Crippen LogP contribution in [0, 0.1) is 17.8 Å². The minimum atomic E-state index is 0.463. The third-order valence-electron chi connectivity index (χ3n) is 1.37. The third kappa shape index (κ3) is 2.59. The second kappa shape index (κ2) is 3.45. The Bertz CT molecular complexity index is 71.8. The first kappa shape index (κ1) is 7.45. The van der Waals surface area contributed by atoms with Crippen molar-refractivity contribution in [2.75, 3.05) is 0 Å². The fraction of sp³-hybridized carbons (Fsp3) is 0.833. The van der Waals surface area contributed by atoms with Crippen LogP contribution in [0.2, 0.25) is 0 Å². The summed E-state index contributed by atoms with van der Waals surface area (Å²) in [5, 5.41) is 6.50. The molecular weight excluding hydrogens is 100 g/mol. The van der Waals surface area contributed by atoms with Crippen molar-refractivity contribution in [2.45, 2.75) is 25.8 Å². The summed E-state index contributed by atoms with van der Waals surface area (Å²) in [5.41, 5.74) is 5.50. The highest BCUT2D eigenvalue weighted by Gasteiger charge is 2.24. The molecule has 1 fully saturated rings. The van der Waals surface area contributed by atoms with E-state index in [9.17, 15) is 0 Å². The molecule has 0 aromatic carbocycles. The van der Waals surface area contributed by atoms with Crippen molar-refractivity contribution in [1.29, 1.82) is 5.26 Å². The lowest BCUT2D eigenvalue weighted by Gasteiger charge is -1.95. The van der Waals surface area contributed by atoms with Gasteiger partial charge in [0.2, 0.25) is 0 Å². The van der Waals surface area contributed by atoms with Crippen LogP contribution in [0.3, 0.4) is 0 Å². The summed E-state index contributed by atoms with van der Waals surface area (Å²) in [5.74, 6) is 0.880. The quantitative estimate of drug-likeness (QED) is 0.547. The van der Waals surface area contributed by atoms with Crippen molar-refractivity contribution in [1.82, 2.24) is 0 Å². The van der Waals surface area contributed by atoms with Crippen molar-refractivity contribution in [3.63, 3.8) is 0 Å². The fourth-order valence-corrected chi connectivity index (χ4v) is 0.622. The van der Waals surface area contributed by atoms with E-state index in [-0.39, 0.29) is 0 Å². The summed E-state index contributed by atoms with van der Waals surface area (Å²) in [6, 6.07) is 0.463. The Morgan fingerprint density at radius 3 is 2.00 bits per heavy atom. The van der Waals surface area contributed by atoms with Crippen LogP contribution in [0.25, 0.3) is 0 Å². The molecule has 2 heteroatoms. The molecule has 0 amide bonds. The molecule has 1 saturated carbocycles. The van der Waals surface area contributed by atoms with E-state index in [2.05, 4.69) is 13.5 Å². The summed E-state index contributed by atoms with van der Waals surface area (Å²) in [6.07, 6.45) is 2.75. The molecule has 1 aliphatic carbocycles. The minimum absolute atomic E-state index is 0.463. The summed E-state index contributed by atoms with van der Waals surface area (Å²) in [7, 11) is 0. The maximum Gasteiger partial charge on any atom is 0.0462 e. The van der Waals surface area contributed by atoms with Crippen molar-refractivity contribution < 1.29 is 0 Å². The molecule has 0 heterocycles. The highest BCUT2D eigenvalue weighted by atomic mass is 14.7. The maximum atomic E-state index is 6.50. The highest BCUT2D eigenvalue weighted by molar-refractivity contribution is 4.80. The number of nitrogens with two attached hydrogens (primary N) is 1. The number of nitriles is 1. The molecule has 1 atom stereocenters. The van der Waals surface area contributed by atoms with E-state index < -0.39 is 0 Å². The Morgan fingerprint density at radius 1 is 1.62 bits per heavy atom. The Morgan fingerprint density at radius 2 is 2.00 bits per heavy atom. The van der Waals surface area contributed by atoms with Gasteiger partial charge in [-0.2, -0.15) is 0 Å². The van der Waals surface area contributed by atoms with Crippen molar-refractivity contribution in [2.24, 2.45) is 11.7 Å². The predicted octanol–water partition coefficient (Wildman–Crippen LogP) is 0.883. The van der Waals surface area contributed by atoms with Crippen molar-refractivity contribution in [3.8, 4) is 6.57 Å². The van der Waals surface area contributed by atoms with Crippen LogP contribution in [0.1, 0.15) is 19.8 Å². The zero-order valence-corrected chi connectivity index (χ0v) is 5.17. The zero-order valence-electron chi connectivity index (χ0n) is 5.17. The molecule has 0 aromatic heterocycles. The lowest BCUT2D eigenvalue weighted by molar-refractivity contribution is 0.650. The average Bonchev–Trinajstić information content (AvgIpc) is 2.50. The molecule has 0 radical (unpaired) electrons. The molecule has 0 bridgehead atoms. The Balaban J connectivity index is 0.000000222. The summed E-state index contributed by atoms with van der Waals surface area (Å²) in [4.78, 5) is 0. The van der Waals surface area contributed by atoms with Gasteiger partial charge < -0.3 is 5.73 Å². The Hall–Kier alpha value is -0.550. The van der Waals surface area contributed by atoms with E-state index in [1.807, 2.05) is 0 Å². The van der Waals surface area contributed by atoms with Crippen molar-refractivity contribution >= 4 is 0 Å². The molecule has 1 aliphatic rings. The van der Waals surface area contributed by atoms with E-state index in [0.717, 1.165) is 5.92 Å². The molecule has 0 aliphatic heterocycles. The van der Waals surface area contributed by atoms with Gasteiger partial charge in [-0.1, -0.05) is 0 Å². The molecule has 8 heavy (non-hydrogen) atoms. The number of rotatable bonds is 1. The normalized spacial score (nSPS) is 20.5. The Kier molecular flexibility index (Phi) is 3.21. The van der Waals surface area contributed by atoms with Gasteiger partial charge in [0.25, 0.3) is 0 Å². The zero-order chi connectivity index (χ0) is 6.57. The van der Waals surface area contributed by atoms with Gasteiger partial charge in [-0.25, -0.2) is 5.26 Å². The topological polar surface area (TPSA) is 49.8 Å². The first-order chi connectivity index (χ1) is 3.80. The van der Waals surface area contributed by atoms with Crippen LogP contribution >= 0.6 is 0 Å². The Labute approximate surface area is 50.3 Å². The standard InChI is InChI=1S/C5H11N.CHN/c1-4(6)5-2-3-5;1-2/h4-5H,2-3,6H2,1H3;1H. The molecule has 0 aromatic rings. The summed E-state index contributed by atoms with van der Waals surface area (Å²) >= 11 is 0. The monoisotopic (exact) mass is 112 g/mol. The lowest BCUT2D eigenvalue weighted by Crippen LogP contribution is -2.16. The van der Waals surface area contributed by atoms with Crippen LogP contribution < -0.4 is 5.73 Å². The minimum Gasteiger partial charge on any atom is -0.328 e. The fourth-order valence-electron chi connectivity index (χ4n) is 0.622. The lowest BCUT2D eigenvalue weighted by atomic mass is 10.2. The van der Waals surface area contributed by atoms with Gasteiger partial charge >= 0.3 is 0 Å². The van der Waals surface area contributed by atoms with Crippen molar-refractivity contribution in [3.05, 3.63) is 0 Å². The maximum absolute atomic E-state index is 6.50. The largest absolute Gasteiger partial charge is 0.328 e. The number of nitrogens with zero attached hydrogens (tertiary/aromatic N) is 1. The van der Waals surface area contributed by atoms with Crippen LogP contribution in [0.15, 0.2) is 0 Å². The van der Waals surface area contributed by atoms with Gasteiger partial charge in [-0.05, 0) is 25.7 Å². The molecule has 0 saturated heterocycles. The molecule has 1 rings (SSSR count). The molecule has 46 valence electrons. The van der Waals surface area contributed by atoms with Gasteiger partial charge in [0, 0.05) is 12.6 Å². The van der Waals surface area contributed by atoms with Gasteiger partial charge in [0.05, 0.1) is 0 Å².